The van der Waals surface area contributed by atoms with Crippen LogP contribution in [0.15, 0.2) is 30.3 Å². The monoisotopic (exact) mass is 262 g/mol. The van der Waals surface area contributed by atoms with E-state index in [1.54, 1.807) is 0 Å². The first kappa shape index (κ1) is 15.6. The summed E-state index contributed by atoms with van der Waals surface area (Å²) in [5, 5.41) is 9.29. The highest BCUT2D eigenvalue weighted by Crippen LogP contribution is 2.21. The summed E-state index contributed by atoms with van der Waals surface area (Å²) in [7, 11) is 0. The number of nitrogens with two attached hydrogens (primary N) is 1. The molecule has 0 bridgehead atoms. The fourth-order valence-electron chi connectivity index (χ4n) is 1.75. The van der Waals surface area contributed by atoms with Gasteiger partial charge >= 0.3 is 0 Å². The van der Waals surface area contributed by atoms with E-state index in [2.05, 4.69) is 6.07 Å². The van der Waals surface area contributed by atoms with E-state index in [4.69, 9.17) is 15.2 Å². The van der Waals surface area contributed by atoms with Crippen LogP contribution in [0.5, 0.6) is 0 Å². The number of hydrogen-bond donors (Lipinski definition) is 1. The van der Waals surface area contributed by atoms with Gasteiger partial charge in [0.25, 0.3) is 0 Å². The highest BCUT2D eigenvalue weighted by atomic mass is 16.5. The van der Waals surface area contributed by atoms with Crippen LogP contribution in [0.2, 0.25) is 0 Å². The number of rotatable bonds is 8. The predicted octanol–water partition coefficient (Wildman–Crippen LogP) is 2.20. The zero-order valence-electron chi connectivity index (χ0n) is 11.6. The number of hydrogen-bond acceptors (Lipinski definition) is 4. The Hall–Kier alpha value is -1.41. The van der Waals surface area contributed by atoms with E-state index in [9.17, 15) is 5.26 Å². The molecule has 0 aliphatic carbocycles. The van der Waals surface area contributed by atoms with E-state index in [-0.39, 0.29) is 6.10 Å². The maximum Gasteiger partial charge on any atom is 0.132 e. The fraction of sp³-hybridized carbons (Fsp3) is 0.533. The Morgan fingerprint density at radius 1 is 1.37 bits per heavy atom. The van der Waals surface area contributed by atoms with Crippen LogP contribution in [0, 0.1) is 11.3 Å². The molecule has 0 saturated carbocycles. The second-order valence-electron chi connectivity index (χ2n) is 4.54. The van der Waals surface area contributed by atoms with Crippen molar-refractivity contribution in [3.8, 4) is 6.07 Å². The van der Waals surface area contributed by atoms with Crippen molar-refractivity contribution in [1.29, 1.82) is 5.26 Å². The van der Waals surface area contributed by atoms with E-state index in [1.807, 2.05) is 44.2 Å². The van der Waals surface area contributed by atoms with E-state index in [0.717, 1.165) is 5.56 Å². The lowest BCUT2D eigenvalue weighted by atomic mass is 9.89. The summed E-state index contributed by atoms with van der Waals surface area (Å²) in [5.74, 6) is 0. The molecular formula is C15H22N2O2. The summed E-state index contributed by atoms with van der Waals surface area (Å²) in [4.78, 5) is 0. The number of benzene rings is 1. The van der Waals surface area contributed by atoms with Crippen molar-refractivity contribution in [2.24, 2.45) is 5.73 Å². The quantitative estimate of drug-likeness (QED) is 0.779. The topological polar surface area (TPSA) is 68.3 Å². The third-order valence-electron chi connectivity index (χ3n) is 2.94. The van der Waals surface area contributed by atoms with Gasteiger partial charge in [0.05, 0.1) is 25.4 Å². The van der Waals surface area contributed by atoms with Crippen molar-refractivity contribution in [2.75, 3.05) is 19.8 Å². The summed E-state index contributed by atoms with van der Waals surface area (Å²) >= 11 is 0. The molecule has 4 heteroatoms. The fourth-order valence-corrected chi connectivity index (χ4v) is 1.75. The molecule has 4 nitrogen and oxygen atoms in total. The normalized spacial score (nSPS) is 15.5. The van der Waals surface area contributed by atoms with Crippen molar-refractivity contribution in [3.63, 3.8) is 0 Å². The molecule has 0 amide bonds. The smallest absolute Gasteiger partial charge is 0.132 e. The zero-order chi connectivity index (χ0) is 14.1. The van der Waals surface area contributed by atoms with Crippen LogP contribution in [-0.2, 0) is 15.0 Å². The Kier molecular flexibility index (Phi) is 6.51. The van der Waals surface area contributed by atoms with Gasteiger partial charge in [0, 0.05) is 13.0 Å². The van der Waals surface area contributed by atoms with Crippen LogP contribution in [0.4, 0.5) is 0 Å². The largest absolute Gasteiger partial charge is 0.379 e. The second-order valence-corrected chi connectivity index (χ2v) is 4.54. The van der Waals surface area contributed by atoms with Gasteiger partial charge in [-0.05, 0) is 19.4 Å². The third-order valence-corrected chi connectivity index (χ3v) is 2.94. The minimum absolute atomic E-state index is 0.0127. The van der Waals surface area contributed by atoms with Gasteiger partial charge in [-0.15, -0.1) is 0 Å². The standard InChI is InChI=1S/C15H22N2O2/c1-3-18-11-13(2)19-10-9-15(17,12-16)14-7-5-4-6-8-14/h4-8,13H,3,9-11,17H2,1-2H3. The van der Waals surface area contributed by atoms with Gasteiger partial charge < -0.3 is 15.2 Å². The van der Waals surface area contributed by atoms with Gasteiger partial charge in [-0.3, -0.25) is 0 Å². The Morgan fingerprint density at radius 2 is 2.05 bits per heavy atom. The van der Waals surface area contributed by atoms with E-state index >= 15 is 0 Å². The molecule has 2 atom stereocenters. The first-order valence-corrected chi connectivity index (χ1v) is 6.57. The highest BCUT2D eigenvalue weighted by molar-refractivity contribution is 5.30. The maximum absolute atomic E-state index is 9.29. The molecule has 104 valence electrons. The molecule has 2 N–H and O–H groups in total. The zero-order valence-corrected chi connectivity index (χ0v) is 11.6. The first-order valence-electron chi connectivity index (χ1n) is 6.57. The number of nitriles is 1. The van der Waals surface area contributed by atoms with Crippen LogP contribution in [0.25, 0.3) is 0 Å². The van der Waals surface area contributed by atoms with E-state index in [0.29, 0.717) is 26.2 Å². The minimum atomic E-state index is -0.993. The highest BCUT2D eigenvalue weighted by Gasteiger charge is 2.26. The van der Waals surface area contributed by atoms with Crippen LogP contribution < -0.4 is 5.73 Å². The van der Waals surface area contributed by atoms with Crippen LogP contribution >= 0.6 is 0 Å². The minimum Gasteiger partial charge on any atom is -0.379 e. The summed E-state index contributed by atoms with van der Waals surface area (Å²) in [6, 6.07) is 11.6. The van der Waals surface area contributed by atoms with Gasteiger partial charge in [0.15, 0.2) is 0 Å². The van der Waals surface area contributed by atoms with Crippen molar-refractivity contribution >= 4 is 0 Å². The lowest BCUT2D eigenvalue weighted by Crippen LogP contribution is -2.36. The lowest BCUT2D eigenvalue weighted by Gasteiger charge is -2.23. The lowest BCUT2D eigenvalue weighted by molar-refractivity contribution is -0.00745. The van der Waals surface area contributed by atoms with Crippen LogP contribution in [-0.4, -0.2) is 25.9 Å². The first-order chi connectivity index (χ1) is 9.12. The molecule has 19 heavy (non-hydrogen) atoms. The molecule has 0 spiro atoms. The Balaban J connectivity index is 2.48. The van der Waals surface area contributed by atoms with Crippen molar-refractivity contribution in [1.82, 2.24) is 0 Å². The molecular weight excluding hydrogens is 240 g/mol. The average Bonchev–Trinajstić information content (AvgIpc) is 2.45. The van der Waals surface area contributed by atoms with E-state index < -0.39 is 5.54 Å². The van der Waals surface area contributed by atoms with Crippen molar-refractivity contribution in [2.45, 2.75) is 31.9 Å². The van der Waals surface area contributed by atoms with Crippen LogP contribution in [0.1, 0.15) is 25.8 Å². The molecule has 0 radical (unpaired) electrons. The molecule has 0 heterocycles. The third kappa shape index (κ3) is 4.99. The Morgan fingerprint density at radius 3 is 2.63 bits per heavy atom. The molecule has 0 aromatic heterocycles. The Bertz CT molecular complexity index is 402. The van der Waals surface area contributed by atoms with Crippen molar-refractivity contribution in [3.05, 3.63) is 35.9 Å². The number of nitrogens with zero attached hydrogens (tertiary/aromatic N) is 1. The van der Waals surface area contributed by atoms with Gasteiger partial charge in [-0.25, -0.2) is 0 Å². The average molecular weight is 262 g/mol. The summed E-state index contributed by atoms with van der Waals surface area (Å²) in [6.45, 7) is 5.57. The molecule has 1 aromatic carbocycles. The molecule has 1 rings (SSSR count). The second kappa shape index (κ2) is 7.90. The van der Waals surface area contributed by atoms with Gasteiger partial charge in [0.2, 0.25) is 0 Å². The molecule has 1 aromatic rings. The number of ether oxygens (including phenoxy) is 2. The molecule has 2 unspecified atom stereocenters. The summed E-state index contributed by atoms with van der Waals surface area (Å²) in [5.41, 5.74) is 5.96. The summed E-state index contributed by atoms with van der Waals surface area (Å²) < 4.78 is 10.9. The van der Waals surface area contributed by atoms with Gasteiger partial charge in [-0.1, -0.05) is 30.3 Å². The molecule has 0 aliphatic rings. The molecule has 0 fully saturated rings. The van der Waals surface area contributed by atoms with Crippen molar-refractivity contribution < 1.29 is 9.47 Å². The van der Waals surface area contributed by atoms with Gasteiger partial charge in [-0.2, -0.15) is 5.26 Å². The molecule has 0 saturated heterocycles. The SMILES string of the molecule is CCOCC(C)OCCC(N)(C#N)c1ccccc1. The van der Waals surface area contributed by atoms with Gasteiger partial charge in [0.1, 0.15) is 5.54 Å². The molecule has 0 aliphatic heterocycles. The Labute approximate surface area is 115 Å². The van der Waals surface area contributed by atoms with E-state index in [1.165, 1.54) is 0 Å². The maximum atomic E-state index is 9.29. The predicted molar refractivity (Wildman–Crippen MR) is 74.4 cm³/mol. The summed E-state index contributed by atoms with van der Waals surface area (Å²) in [6.07, 6.45) is 0.475. The van der Waals surface area contributed by atoms with Crippen LogP contribution in [0.3, 0.4) is 0 Å².